The molecule has 1 aliphatic rings. The Morgan fingerprint density at radius 1 is 1.13 bits per heavy atom. The average molecular weight is 466 g/mol. The minimum absolute atomic E-state index is 0.141. The molecule has 1 aliphatic heterocycles. The maximum absolute atomic E-state index is 12.9. The lowest BCUT2D eigenvalue weighted by atomic mass is 9.98. The van der Waals surface area contributed by atoms with Crippen molar-refractivity contribution in [2.45, 2.75) is 25.0 Å². The van der Waals surface area contributed by atoms with E-state index < -0.39 is 15.9 Å². The zero-order valence-electron chi connectivity index (χ0n) is 16.1. The van der Waals surface area contributed by atoms with Crippen LogP contribution in [0.1, 0.15) is 24.0 Å². The summed E-state index contributed by atoms with van der Waals surface area (Å²) in [7, 11) is -3.60. The normalized spacial score (nSPS) is 17.3. The van der Waals surface area contributed by atoms with Gasteiger partial charge in [-0.1, -0.05) is 41.4 Å². The number of nitriles is 1. The second-order valence-electron chi connectivity index (χ2n) is 7.22. The number of carbonyl (C=O) groups is 1. The summed E-state index contributed by atoms with van der Waals surface area (Å²) in [6.07, 6.45) is 1.54. The fourth-order valence-electron chi connectivity index (χ4n) is 3.38. The molecular formula is C21H21Cl2N3O3S. The number of hydrogen-bond donors (Lipinski definition) is 1. The molecule has 1 fully saturated rings. The van der Waals surface area contributed by atoms with Gasteiger partial charge in [-0.15, -0.1) is 0 Å². The predicted octanol–water partition coefficient (Wildman–Crippen LogP) is 4.24. The van der Waals surface area contributed by atoms with Crippen molar-refractivity contribution < 1.29 is 13.2 Å². The summed E-state index contributed by atoms with van der Waals surface area (Å²) in [5.41, 5.74) is 2.04. The lowest BCUT2D eigenvalue weighted by Gasteiger charge is -2.31. The van der Waals surface area contributed by atoms with Gasteiger partial charge in [-0.2, -0.15) is 5.26 Å². The second kappa shape index (κ2) is 9.80. The van der Waals surface area contributed by atoms with Crippen LogP contribution in [-0.4, -0.2) is 31.7 Å². The van der Waals surface area contributed by atoms with Gasteiger partial charge in [-0.05, 0) is 48.2 Å². The summed E-state index contributed by atoms with van der Waals surface area (Å²) in [6, 6.07) is 13.9. The number of hydrogen-bond acceptors (Lipinski definition) is 4. The van der Waals surface area contributed by atoms with Crippen LogP contribution >= 0.6 is 23.2 Å². The number of nitrogens with one attached hydrogen (secondary N) is 1. The van der Waals surface area contributed by atoms with E-state index in [-0.39, 0.29) is 18.2 Å². The quantitative estimate of drug-likeness (QED) is 0.690. The summed E-state index contributed by atoms with van der Waals surface area (Å²) < 4.78 is 27.1. The Morgan fingerprint density at radius 2 is 1.83 bits per heavy atom. The van der Waals surface area contributed by atoms with Crippen molar-refractivity contribution >= 4 is 44.8 Å². The zero-order chi connectivity index (χ0) is 21.7. The number of carbonyl (C=O) groups excluding carboxylic acids is 1. The lowest BCUT2D eigenvalue weighted by molar-refractivity contribution is -0.120. The summed E-state index contributed by atoms with van der Waals surface area (Å²) in [6.45, 7) is 0.526. The summed E-state index contributed by atoms with van der Waals surface area (Å²) in [5.74, 6) is -0.836. The maximum atomic E-state index is 12.9. The number of piperidine rings is 1. The number of nitrogens with zero attached hydrogens (tertiary/aromatic N) is 2. The van der Waals surface area contributed by atoms with Gasteiger partial charge < -0.3 is 5.32 Å². The van der Waals surface area contributed by atoms with Gasteiger partial charge >= 0.3 is 0 Å². The standard InChI is InChI=1S/C21H21Cl2N3O3S/c22-19-8-5-16(12-20(19)23)14-30(28,29)26-11-1-2-17(13-26)21(27)25-18-6-3-15(4-7-18)9-10-24/h3-8,12,17H,1-2,9,11,13-14H2,(H,25,27). The van der Waals surface area contributed by atoms with E-state index in [0.29, 0.717) is 47.1 Å². The molecule has 0 aliphatic carbocycles. The highest BCUT2D eigenvalue weighted by molar-refractivity contribution is 7.88. The van der Waals surface area contributed by atoms with Gasteiger partial charge in [0, 0.05) is 18.8 Å². The molecule has 30 heavy (non-hydrogen) atoms. The van der Waals surface area contributed by atoms with Crippen molar-refractivity contribution in [1.29, 1.82) is 5.26 Å². The van der Waals surface area contributed by atoms with Crippen molar-refractivity contribution in [2.75, 3.05) is 18.4 Å². The molecule has 0 saturated carbocycles. The third-order valence-electron chi connectivity index (χ3n) is 4.99. The van der Waals surface area contributed by atoms with Crippen molar-refractivity contribution in [1.82, 2.24) is 4.31 Å². The van der Waals surface area contributed by atoms with Crippen LogP contribution in [0.2, 0.25) is 10.0 Å². The van der Waals surface area contributed by atoms with Gasteiger partial charge in [0.2, 0.25) is 15.9 Å². The Morgan fingerprint density at radius 3 is 2.50 bits per heavy atom. The molecule has 1 N–H and O–H groups in total. The fourth-order valence-corrected chi connectivity index (χ4v) is 5.30. The Balaban J connectivity index is 1.64. The lowest BCUT2D eigenvalue weighted by Crippen LogP contribution is -2.44. The average Bonchev–Trinajstić information content (AvgIpc) is 2.72. The minimum Gasteiger partial charge on any atom is -0.326 e. The van der Waals surface area contributed by atoms with E-state index in [0.717, 1.165) is 5.56 Å². The molecule has 0 radical (unpaired) electrons. The molecule has 9 heteroatoms. The van der Waals surface area contributed by atoms with Gasteiger partial charge in [0.1, 0.15) is 0 Å². The molecule has 6 nitrogen and oxygen atoms in total. The maximum Gasteiger partial charge on any atom is 0.228 e. The molecule has 1 saturated heterocycles. The van der Waals surface area contributed by atoms with Crippen LogP contribution in [0.25, 0.3) is 0 Å². The van der Waals surface area contributed by atoms with E-state index >= 15 is 0 Å². The Labute approximate surface area is 186 Å². The number of sulfonamides is 1. The fraction of sp³-hybridized carbons (Fsp3) is 0.333. The first-order chi connectivity index (χ1) is 14.3. The molecule has 3 rings (SSSR count). The van der Waals surface area contributed by atoms with E-state index in [9.17, 15) is 13.2 Å². The second-order valence-corrected chi connectivity index (χ2v) is 10.0. The molecule has 1 heterocycles. The van der Waals surface area contributed by atoms with E-state index in [2.05, 4.69) is 11.4 Å². The molecule has 0 spiro atoms. The largest absolute Gasteiger partial charge is 0.326 e. The van der Waals surface area contributed by atoms with Gasteiger partial charge in [0.15, 0.2) is 0 Å². The van der Waals surface area contributed by atoms with Crippen molar-refractivity contribution in [3.05, 3.63) is 63.6 Å². The molecule has 2 aromatic rings. The van der Waals surface area contributed by atoms with Crippen LogP contribution in [0.3, 0.4) is 0 Å². The molecule has 2 aromatic carbocycles. The monoisotopic (exact) mass is 465 g/mol. The van der Waals surface area contributed by atoms with Gasteiger partial charge in [-0.3, -0.25) is 4.79 Å². The molecule has 1 amide bonds. The molecule has 0 bridgehead atoms. The Hall–Kier alpha value is -2.11. The highest BCUT2D eigenvalue weighted by Gasteiger charge is 2.32. The van der Waals surface area contributed by atoms with E-state index in [1.54, 1.807) is 42.5 Å². The third kappa shape index (κ3) is 5.73. The first-order valence-electron chi connectivity index (χ1n) is 9.47. The molecule has 158 valence electrons. The Kier molecular flexibility index (Phi) is 7.37. The van der Waals surface area contributed by atoms with E-state index in [1.807, 2.05) is 0 Å². The van der Waals surface area contributed by atoms with Crippen LogP contribution in [-0.2, 0) is 27.0 Å². The smallest absolute Gasteiger partial charge is 0.228 e. The molecule has 0 aromatic heterocycles. The Bertz CT molecular complexity index is 1070. The molecular weight excluding hydrogens is 445 g/mol. The zero-order valence-corrected chi connectivity index (χ0v) is 18.5. The molecule has 1 unspecified atom stereocenters. The summed E-state index contributed by atoms with van der Waals surface area (Å²) in [4.78, 5) is 12.7. The van der Waals surface area contributed by atoms with Crippen LogP contribution < -0.4 is 5.32 Å². The minimum atomic E-state index is -3.60. The van der Waals surface area contributed by atoms with E-state index in [4.69, 9.17) is 28.5 Å². The molecule has 1 atom stereocenters. The third-order valence-corrected chi connectivity index (χ3v) is 7.54. The van der Waals surface area contributed by atoms with Gasteiger partial charge in [-0.25, -0.2) is 12.7 Å². The van der Waals surface area contributed by atoms with Gasteiger partial charge in [0.25, 0.3) is 0 Å². The van der Waals surface area contributed by atoms with Gasteiger partial charge in [0.05, 0.1) is 34.2 Å². The number of amides is 1. The van der Waals surface area contributed by atoms with Crippen molar-refractivity contribution in [3.8, 4) is 6.07 Å². The van der Waals surface area contributed by atoms with Crippen LogP contribution in [0.15, 0.2) is 42.5 Å². The predicted molar refractivity (Wildman–Crippen MR) is 118 cm³/mol. The van der Waals surface area contributed by atoms with Crippen LogP contribution in [0, 0.1) is 17.2 Å². The van der Waals surface area contributed by atoms with Crippen LogP contribution in [0.5, 0.6) is 0 Å². The summed E-state index contributed by atoms with van der Waals surface area (Å²) in [5, 5.41) is 12.2. The van der Waals surface area contributed by atoms with Crippen molar-refractivity contribution in [3.63, 3.8) is 0 Å². The highest BCUT2D eigenvalue weighted by atomic mass is 35.5. The first-order valence-corrected chi connectivity index (χ1v) is 11.8. The number of benzene rings is 2. The first kappa shape index (κ1) is 22.6. The van der Waals surface area contributed by atoms with Crippen LogP contribution in [0.4, 0.5) is 5.69 Å². The topological polar surface area (TPSA) is 90.3 Å². The summed E-state index contributed by atoms with van der Waals surface area (Å²) >= 11 is 11.9. The van der Waals surface area contributed by atoms with Crippen molar-refractivity contribution in [2.24, 2.45) is 5.92 Å². The number of anilines is 1. The van der Waals surface area contributed by atoms with E-state index in [1.165, 1.54) is 4.31 Å². The SMILES string of the molecule is N#CCc1ccc(NC(=O)C2CCCN(S(=O)(=O)Cc3ccc(Cl)c(Cl)c3)C2)cc1. The number of rotatable bonds is 6. The number of halogens is 2. The highest BCUT2D eigenvalue weighted by Crippen LogP contribution is 2.26.